The fraction of sp³-hybridized carbons (Fsp3) is 0.333. The molecule has 0 spiro atoms. The molecule has 1 aliphatic rings. The van der Waals surface area contributed by atoms with Crippen molar-refractivity contribution in [1.82, 2.24) is 14.9 Å². The summed E-state index contributed by atoms with van der Waals surface area (Å²) >= 11 is 0. The number of nitrogens with zero attached hydrogens (tertiary/aromatic N) is 2. The molecule has 1 heterocycles. The highest BCUT2D eigenvalue weighted by Crippen LogP contribution is 2.24. The van der Waals surface area contributed by atoms with Gasteiger partial charge in [0.25, 0.3) is 5.56 Å². The van der Waals surface area contributed by atoms with Crippen molar-refractivity contribution >= 4 is 5.57 Å². The molecule has 0 fully saturated rings. The maximum absolute atomic E-state index is 11.8. The summed E-state index contributed by atoms with van der Waals surface area (Å²) in [4.78, 5) is 20.8. The van der Waals surface area contributed by atoms with Gasteiger partial charge in [0.15, 0.2) is 0 Å². The van der Waals surface area contributed by atoms with Crippen molar-refractivity contribution in [3.8, 4) is 0 Å². The molecule has 0 radical (unpaired) electrons. The van der Waals surface area contributed by atoms with E-state index in [9.17, 15) is 9.90 Å². The number of H-pyrrole nitrogens is 1. The van der Waals surface area contributed by atoms with Crippen LogP contribution in [0.2, 0.25) is 0 Å². The molecule has 0 amide bonds. The third-order valence-corrected chi connectivity index (χ3v) is 4.13. The van der Waals surface area contributed by atoms with Gasteiger partial charge >= 0.3 is 0 Å². The second-order valence-corrected chi connectivity index (χ2v) is 5.98. The van der Waals surface area contributed by atoms with Crippen molar-refractivity contribution in [3.63, 3.8) is 0 Å². The van der Waals surface area contributed by atoms with Gasteiger partial charge in [-0.05, 0) is 17.6 Å². The minimum Gasteiger partial charge on any atom is -0.394 e. The molecule has 0 saturated carbocycles. The molecule has 1 aromatic carbocycles. The van der Waals surface area contributed by atoms with Gasteiger partial charge in [0, 0.05) is 25.2 Å². The van der Waals surface area contributed by atoms with E-state index in [1.165, 1.54) is 6.33 Å². The third kappa shape index (κ3) is 3.79. The average Bonchev–Trinajstić information content (AvgIpc) is 3.00. The van der Waals surface area contributed by atoms with Gasteiger partial charge in [-0.3, -0.25) is 9.69 Å². The molecule has 1 atom stereocenters. The minimum atomic E-state index is -0.803. The first-order valence-electron chi connectivity index (χ1n) is 7.98. The number of aliphatic hydroxyl groups is 2. The highest BCUT2D eigenvalue weighted by Gasteiger charge is 2.21. The van der Waals surface area contributed by atoms with Crippen LogP contribution < -0.4 is 5.56 Å². The average molecular weight is 327 g/mol. The van der Waals surface area contributed by atoms with Gasteiger partial charge in [-0.2, -0.15) is 0 Å². The predicted octanol–water partition coefficient (Wildman–Crippen LogP) is 0.565. The molecule has 126 valence electrons. The lowest BCUT2D eigenvalue weighted by Gasteiger charge is -2.25. The largest absolute Gasteiger partial charge is 0.394 e. The van der Waals surface area contributed by atoms with E-state index in [0.717, 1.165) is 16.8 Å². The Kier molecular flexibility index (Phi) is 5.20. The van der Waals surface area contributed by atoms with Crippen LogP contribution in [0.1, 0.15) is 16.8 Å². The summed E-state index contributed by atoms with van der Waals surface area (Å²) in [5, 5.41) is 19.0. The fourth-order valence-corrected chi connectivity index (χ4v) is 2.98. The number of aromatic amines is 1. The summed E-state index contributed by atoms with van der Waals surface area (Å²) in [5.41, 5.74) is 3.43. The maximum atomic E-state index is 11.8. The number of benzene rings is 1. The van der Waals surface area contributed by atoms with E-state index in [1.54, 1.807) is 0 Å². The zero-order valence-corrected chi connectivity index (χ0v) is 13.4. The highest BCUT2D eigenvalue weighted by molar-refractivity contribution is 5.70. The number of rotatable bonds is 7. The molecule has 1 aliphatic carbocycles. The molecule has 24 heavy (non-hydrogen) atoms. The number of hydrogen-bond donors (Lipinski definition) is 3. The van der Waals surface area contributed by atoms with E-state index in [-0.39, 0.29) is 12.2 Å². The van der Waals surface area contributed by atoms with Crippen LogP contribution in [0.3, 0.4) is 0 Å². The monoisotopic (exact) mass is 327 g/mol. The van der Waals surface area contributed by atoms with Crippen molar-refractivity contribution in [1.29, 1.82) is 0 Å². The van der Waals surface area contributed by atoms with Gasteiger partial charge in [-0.1, -0.05) is 36.4 Å². The highest BCUT2D eigenvalue weighted by atomic mass is 16.3. The van der Waals surface area contributed by atoms with Gasteiger partial charge in [0.1, 0.15) is 0 Å². The summed E-state index contributed by atoms with van der Waals surface area (Å²) in [7, 11) is 0. The SMILES string of the molecule is O=c1[nH]cnc2c1CC=C2CN(Cc1ccccc1)C[C@H](O)CO. The van der Waals surface area contributed by atoms with E-state index in [2.05, 4.69) is 14.9 Å². The number of nitrogens with one attached hydrogen (secondary N) is 1. The van der Waals surface area contributed by atoms with Crippen molar-refractivity contribution in [2.24, 2.45) is 0 Å². The van der Waals surface area contributed by atoms with Crippen LogP contribution in [0.4, 0.5) is 0 Å². The molecule has 1 aromatic heterocycles. The summed E-state index contributed by atoms with van der Waals surface area (Å²) in [6.07, 6.45) is 3.21. The van der Waals surface area contributed by atoms with Crippen LogP contribution in [0.5, 0.6) is 0 Å². The Bertz CT molecular complexity index is 771. The summed E-state index contributed by atoms with van der Waals surface area (Å²) in [5.74, 6) is 0. The number of fused-ring (bicyclic) bond motifs is 1. The second kappa shape index (κ2) is 7.53. The van der Waals surface area contributed by atoms with Gasteiger partial charge in [-0.15, -0.1) is 0 Å². The van der Waals surface area contributed by atoms with E-state index in [0.29, 0.717) is 31.6 Å². The molecule has 0 unspecified atom stereocenters. The zero-order valence-electron chi connectivity index (χ0n) is 13.4. The maximum Gasteiger partial charge on any atom is 0.254 e. The second-order valence-electron chi connectivity index (χ2n) is 5.98. The Labute approximate surface area is 140 Å². The van der Waals surface area contributed by atoms with Gasteiger partial charge in [-0.25, -0.2) is 4.98 Å². The molecule has 0 aliphatic heterocycles. The summed E-state index contributed by atoms with van der Waals surface area (Å²) < 4.78 is 0. The topological polar surface area (TPSA) is 89.5 Å². The molecular formula is C18H21N3O3. The molecule has 3 rings (SSSR count). The van der Waals surface area contributed by atoms with Crippen LogP contribution in [0, 0.1) is 0 Å². The van der Waals surface area contributed by atoms with Crippen molar-refractivity contribution in [2.75, 3.05) is 19.7 Å². The summed E-state index contributed by atoms with van der Waals surface area (Å²) in [6, 6.07) is 9.96. The number of aliphatic hydroxyl groups excluding tert-OH is 2. The van der Waals surface area contributed by atoms with Gasteiger partial charge in [0.2, 0.25) is 0 Å². The lowest BCUT2D eigenvalue weighted by atomic mass is 10.1. The van der Waals surface area contributed by atoms with Crippen LogP contribution in [0.15, 0.2) is 47.5 Å². The van der Waals surface area contributed by atoms with Crippen LogP contribution in [-0.2, 0) is 13.0 Å². The Morgan fingerprint density at radius 1 is 1.25 bits per heavy atom. The van der Waals surface area contributed by atoms with Crippen molar-refractivity contribution in [2.45, 2.75) is 19.1 Å². The quantitative estimate of drug-likeness (QED) is 0.692. The molecule has 2 aromatic rings. The van der Waals surface area contributed by atoms with Crippen molar-refractivity contribution in [3.05, 3.63) is 69.9 Å². The molecule has 0 saturated heterocycles. The zero-order chi connectivity index (χ0) is 16.9. The number of aromatic nitrogens is 2. The number of hydrogen-bond acceptors (Lipinski definition) is 5. The van der Waals surface area contributed by atoms with E-state index >= 15 is 0 Å². The Morgan fingerprint density at radius 3 is 2.79 bits per heavy atom. The molecule has 3 N–H and O–H groups in total. The van der Waals surface area contributed by atoms with Crippen LogP contribution in [0.25, 0.3) is 5.57 Å². The Balaban J connectivity index is 1.78. The first-order chi connectivity index (χ1) is 11.7. The van der Waals surface area contributed by atoms with Crippen LogP contribution >= 0.6 is 0 Å². The van der Waals surface area contributed by atoms with Gasteiger partial charge < -0.3 is 15.2 Å². The minimum absolute atomic E-state index is 0.101. The molecule has 6 heteroatoms. The fourth-order valence-electron chi connectivity index (χ4n) is 2.98. The van der Waals surface area contributed by atoms with Crippen LogP contribution in [-0.4, -0.2) is 50.9 Å². The lowest BCUT2D eigenvalue weighted by molar-refractivity contribution is 0.0610. The predicted molar refractivity (Wildman–Crippen MR) is 91.4 cm³/mol. The molecular weight excluding hydrogens is 306 g/mol. The molecule has 6 nitrogen and oxygen atoms in total. The lowest BCUT2D eigenvalue weighted by Crippen LogP contribution is -2.35. The van der Waals surface area contributed by atoms with E-state index in [1.807, 2.05) is 36.4 Å². The smallest absolute Gasteiger partial charge is 0.254 e. The van der Waals surface area contributed by atoms with E-state index < -0.39 is 6.10 Å². The Morgan fingerprint density at radius 2 is 2.04 bits per heavy atom. The standard InChI is InChI=1S/C18H21N3O3/c22-11-15(23)10-21(8-13-4-2-1-3-5-13)9-14-6-7-16-17(14)19-12-20-18(16)24/h1-6,12,15,22-23H,7-11H2,(H,19,20,24)/t15-/m0/s1. The molecule has 0 bridgehead atoms. The first kappa shape index (κ1) is 16.6. The summed E-state index contributed by atoms with van der Waals surface area (Å²) in [6.45, 7) is 1.28. The van der Waals surface area contributed by atoms with Gasteiger partial charge in [0.05, 0.1) is 24.7 Å². The third-order valence-electron chi connectivity index (χ3n) is 4.13. The first-order valence-corrected chi connectivity index (χ1v) is 7.98. The Hall–Kier alpha value is -2.28. The van der Waals surface area contributed by atoms with Crippen molar-refractivity contribution < 1.29 is 10.2 Å². The van der Waals surface area contributed by atoms with E-state index in [4.69, 9.17) is 5.11 Å². The normalized spacial score (nSPS) is 14.5. The number of allylic oxidation sites excluding steroid dienone is 1.